The van der Waals surface area contributed by atoms with Crippen LogP contribution in [0.2, 0.25) is 0 Å². The second-order valence-electron chi connectivity index (χ2n) is 5.58. The summed E-state index contributed by atoms with van der Waals surface area (Å²) in [5.41, 5.74) is 0.999. The van der Waals surface area contributed by atoms with Crippen LogP contribution in [-0.4, -0.2) is 55.7 Å². The van der Waals surface area contributed by atoms with Crippen molar-refractivity contribution in [3.63, 3.8) is 0 Å². The number of carboxylic acid groups (broad SMARTS) is 1. The number of aromatic nitrogens is 3. The van der Waals surface area contributed by atoms with Gasteiger partial charge in [0.25, 0.3) is 0 Å². The lowest BCUT2D eigenvalue weighted by atomic mass is 10.3. The molecule has 1 aliphatic heterocycles. The van der Waals surface area contributed by atoms with Gasteiger partial charge in [0.05, 0.1) is 6.20 Å². The van der Waals surface area contributed by atoms with E-state index in [-0.39, 0.29) is 23.3 Å². The van der Waals surface area contributed by atoms with Gasteiger partial charge in [0.2, 0.25) is 0 Å². The molecule has 1 fully saturated rings. The highest BCUT2D eigenvalue weighted by Gasteiger charge is 2.32. The van der Waals surface area contributed by atoms with Crippen LogP contribution in [0.25, 0.3) is 5.65 Å². The maximum atomic E-state index is 12.4. The molecular weight excluding hydrogens is 286 g/mol. The number of carbonyl (C=O) groups excluding carboxylic acids is 1. The molecule has 0 bridgehead atoms. The molecule has 2 aromatic heterocycles. The average molecular weight is 303 g/mol. The molecule has 3 rings (SSSR count). The monoisotopic (exact) mass is 303 g/mol. The van der Waals surface area contributed by atoms with Gasteiger partial charge in [-0.2, -0.15) is 5.10 Å². The van der Waals surface area contributed by atoms with Crippen molar-refractivity contribution in [1.82, 2.24) is 19.5 Å². The summed E-state index contributed by atoms with van der Waals surface area (Å²) in [7, 11) is 0. The normalized spacial score (nSPS) is 15.4. The second kappa shape index (κ2) is 4.97. The Morgan fingerprint density at radius 1 is 1.36 bits per heavy atom. The third-order valence-corrected chi connectivity index (χ3v) is 3.81. The molecule has 1 aliphatic rings. The molecule has 0 saturated carbocycles. The van der Waals surface area contributed by atoms with Gasteiger partial charge in [-0.25, -0.2) is 19.1 Å². The van der Waals surface area contributed by atoms with Crippen molar-refractivity contribution in [3.8, 4) is 0 Å². The molecule has 3 heterocycles. The summed E-state index contributed by atoms with van der Waals surface area (Å²) in [5.74, 6) is -0.628. The van der Waals surface area contributed by atoms with E-state index in [2.05, 4.69) is 10.1 Å². The van der Waals surface area contributed by atoms with Gasteiger partial charge in [0, 0.05) is 30.9 Å². The van der Waals surface area contributed by atoms with Crippen molar-refractivity contribution in [2.45, 2.75) is 26.8 Å². The lowest BCUT2D eigenvalue weighted by Gasteiger charge is -2.21. The number of hydrogen-bond donors (Lipinski definition) is 1. The van der Waals surface area contributed by atoms with Gasteiger partial charge < -0.3 is 10.0 Å². The Labute approximate surface area is 127 Å². The van der Waals surface area contributed by atoms with Crippen molar-refractivity contribution >= 4 is 23.5 Å². The number of aryl methyl sites for hydroxylation is 1. The summed E-state index contributed by atoms with van der Waals surface area (Å²) in [6, 6.07) is 1.75. The van der Waals surface area contributed by atoms with E-state index in [1.807, 2.05) is 13.8 Å². The predicted octanol–water partition coefficient (Wildman–Crippen LogP) is 1.39. The van der Waals surface area contributed by atoms with Crippen molar-refractivity contribution in [2.24, 2.45) is 0 Å². The molecule has 2 amide bonds. The third kappa shape index (κ3) is 2.07. The first-order chi connectivity index (χ1) is 10.4. The largest absolute Gasteiger partial charge is 0.477 e. The van der Waals surface area contributed by atoms with E-state index in [1.54, 1.807) is 22.8 Å². The molecule has 116 valence electrons. The number of anilines is 1. The number of carboxylic acids is 1. The van der Waals surface area contributed by atoms with Gasteiger partial charge in [-0.15, -0.1) is 0 Å². The molecule has 22 heavy (non-hydrogen) atoms. The zero-order valence-electron chi connectivity index (χ0n) is 12.6. The second-order valence-corrected chi connectivity index (χ2v) is 5.58. The molecule has 1 N–H and O–H groups in total. The van der Waals surface area contributed by atoms with Crippen molar-refractivity contribution < 1.29 is 14.7 Å². The highest BCUT2D eigenvalue weighted by atomic mass is 16.4. The molecule has 1 saturated heterocycles. The zero-order valence-corrected chi connectivity index (χ0v) is 12.6. The van der Waals surface area contributed by atoms with Gasteiger partial charge in [0.1, 0.15) is 11.4 Å². The summed E-state index contributed by atoms with van der Waals surface area (Å²) >= 11 is 0. The summed E-state index contributed by atoms with van der Waals surface area (Å²) in [4.78, 5) is 31.3. The van der Waals surface area contributed by atoms with E-state index in [0.29, 0.717) is 18.9 Å². The Morgan fingerprint density at radius 3 is 2.68 bits per heavy atom. The number of carbonyl (C=O) groups is 2. The van der Waals surface area contributed by atoms with Gasteiger partial charge >= 0.3 is 12.0 Å². The van der Waals surface area contributed by atoms with Gasteiger partial charge in [-0.3, -0.25) is 4.90 Å². The fourth-order valence-electron chi connectivity index (χ4n) is 2.63. The van der Waals surface area contributed by atoms with E-state index >= 15 is 0 Å². The number of fused-ring (bicyclic) bond motifs is 1. The summed E-state index contributed by atoms with van der Waals surface area (Å²) in [6.45, 7) is 6.90. The number of amides is 2. The van der Waals surface area contributed by atoms with Gasteiger partial charge in [-0.1, -0.05) is 0 Å². The van der Waals surface area contributed by atoms with E-state index in [0.717, 1.165) is 5.69 Å². The molecule has 0 atom stereocenters. The lowest BCUT2D eigenvalue weighted by molar-refractivity contribution is 0.0698. The SMILES string of the molecule is Cc1cc(N2CCN(C(C)C)C2=O)nc2c(C(=O)O)cnn12. The standard InChI is InChI=1S/C14H17N5O3/c1-8(2)17-4-5-18(14(17)22)11-6-9(3)19-12(16-11)10(7-15-19)13(20)21/h6-8H,4-5H2,1-3H3,(H,20,21). The van der Waals surface area contributed by atoms with E-state index in [9.17, 15) is 14.7 Å². The van der Waals surface area contributed by atoms with Crippen LogP contribution in [0.3, 0.4) is 0 Å². The molecule has 0 aliphatic carbocycles. The average Bonchev–Trinajstić information content (AvgIpc) is 3.02. The fourth-order valence-corrected chi connectivity index (χ4v) is 2.63. The van der Waals surface area contributed by atoms with Crippen LogP contribution < -0.4 is 4.90 Å². The fraction of sp³-hybridized carbons (Fsp3) is 0.429. The van der Waals surface area contributed by atoms with Crippen LogP contribution in [-0.2, 0) is 0 Å². The number of nitrogens with zero attached hydrogens (tertiary/aromatic N) is 5. The number of aromatic carboxylic acids is 1. The Morgan fingerprint density at radius 2 is 2.09 bits per heavy atom. The van der Waals surface area contributed by atoms with Crippen LogP contribution >= 0.6 is 0 Å². The summed E-state index contributed by atoms with van der Waals surface area (Å²) in [6.07, 6.45) is 1.27. The summed E-state index contributed by atoms with van der Waals surface area (Å²) < 4.78 is 1.47. The summed E-state index contributed by atoms with van der Waals surface area (Å²) in [5, 5.41) is 13.2. The van der Waals surface area contributed by atoms with Crippen LogP contribution in [0, 0.1) is 6.92 Å². The molecule has 8 nitrogen and oxygen atoms in total. The Balaban J connectivity index is 2.07. The first-order valence-electron chi connectivity index (χ1n) is 7.07. The van der Waals surface area contributed by atoms with E-state index in [4.69, 9.17) is 0 Å². The minimum absolute atomic E-state index is 0.0253. The Kier molecular flexibility index (Phi) is 3.23. The first kappa shape index (κ1) is 14.3. The lowest BCUT2D eigenvalue weighted by Crippen LogP contribution is -2.36. The quantitative estimate of drug-likeness (QED) is 0.925. The zero-order chi connectivity index (χ0) is 16.0. The maximum absolute atomic E-state index is 12.4. The molecular formula is C14H17N5O3. The molecule has 0 spiro atoms. The minimum atomic E-state index is -1.09. The number of rotatable bonds is 3. The highest BCUT2D eigenvalue weighted by Crippen LogP contribution is 2.23. The van der Waals surface area contributed by atoms with Gasteiger partial charge in [-0.05, 0) is 20.8 Å². The molecule has 2 aromatic rings. The van der Waals surface area contributed by atoms with E-state index < -0.39 is 5.97 Å². The Hall–Kier alpha value is -2.64. The van der Waals surface area contributed by atoms with Gasteiger partial charge in [0.15, 0.2) is 5.65 Å². The van der Waals surface area contributed by atoms with Crippen molar-refractivity contribution in [2.75, 3.05) is 18.0 Å². The minimum Gasteiger partial charge on any atom is -0.477 e. The first-order valence-corrected chi connectivity index (χ1v) is 7.07. The van der Waals surface area contributed by atoms with E-state index in [1.165, 1.54) is 10.7 Å². The molecule has 0 aromatic carbocycles. The van der Waals surface area contributed by atoms with Crippen molar-refractivity contribution in [3.05, 3.63) is 23.5 Å². The van der Waals surface area contributed by atoms with Crippen LogP contribution in [0.4, 0.5) is 10.6 Å². The molecule has 0 radical (unpaired) electrons. The van der Waals surface area contributed by atoms with Crippen LogP contribution in [0.5, 0.6) is 0 Å². The smallest absolute Gasteiger partial charge is 0.341 e. The maximum Gasteiger partial charge on any atom is 0.341 e. The molecule has 0 unspecified atom stereocenters. The van der Waals surface area contributed by atoms with Crippen LogP contribution in [0.1, 0.15) is 29.9 Å². The molecule has 8 heteroatoms. The predicted molar refractivity (Wildman–Crippen MR) is 79.3 cm³/mol. The van der Waals surface area contributed by atoms with Crippen molar-refractivity contribution in [1.29, 1.82) is 0 Å². The highest BCUT2D eigenvalue weighted by molar-refractivity contribution is 5.96. The van der Waals surface area contributed by atoms with Crippen LogP contribution in [0.15, 0.2) is 12.3 Å². The number of hydrogen-bond acceptors (Lipinski definition) is 4. The Bertz CT molecular complexity index is 767. The number of urea groups is 1. The third-order valence-electron chi connectivity index (χ3n) is 3.81. The topological polar surface area (TPSA) is 91.0 Å².